The number of amides is 1. The number of carbonyl (C=O) groups excluding carboxylic acids is 1. The summed E-state index contributed by atoms with van der Waals surface area (Å²) in [5.41, 5.74) is -0.533. The van der Waals surface area contributed by atoms with Crippen LogP contribution in [0.2, 0.25) is 0 Å². The van der Waals surface area contributed by atoms with Gasteiger partial charge in [-0.2, -0.15) is 5.26 Å². The summed E-state index contributed by atoms with van der Waals surface area (Å²) in [6.45, 7) is 4.88. The molecule has 0 aliphatic carbocycles. The second-order valence-corrected chi connectivity index (χ2v) is 3.49. The highest BCUT2D eigenvalue weighted by atomic mass is 16.5. The van der Waals surface area contributed by atoms with Crippen LogP contribution < -0.4 is 5.32 Å². The maximum absolute atomic E-state index is 11.5. The van der Waals surface area contributed by atoms with Crippen LogP contribution in [0.4, 0.5) is 0 Å². The summed E-state index contributed by atoms with van der Waals surface area (Å²) < 4.78 is 4.74. The third kappa shape index (κ3) is 2.10. The average Bonchev–Trinajstić information content (AvgIpc) is 2.51. The summed E-state index contributed by atoms with van der Waals surface area (Å²) in [7, 11) is 0. The van der Waals surface area contributed by atoms with Crippen molar-refractivity contribution in [1.82, 2.24) is 10.5 Å². The minimum Gasteiger partial charge on any atom is -0.361 e. The van der Waals surface area contributed by atoms with E-state index in [9.17, 15) is 4.79 Å². The largest absolute Gasteiger partial charge is 0.361 e. The first-order chi connectivity index (χ1) is 6.46. The highest BCUT2D eigenvalue weighted by molar-refractivity contribution is 5.95. The molecule has 0 aliphatic rings. The van der Waals surface area contributed by atoms with Gasteiger partial charge in [-0.3, -0.25) is 4.79 Å². The Morgan fingerprint density at radius 1 is 1.71 bits per heavy atom. The smallest absolute Gasteiger partial charge is 0.257 e. The highest BCUT2D eigenvalue weighted by Gasteiger charge is 2.22. The highest BCUT2D eigenvalue weighted by Crippen LogP contribution is 2.08. The number of aryl methyl sites for hydroxylation is 1. The van der Waals surface area contributed by atoms with Crippen LogP contribution in [0.5, 0.6) is 0 Å². The number of nitriles is 1. The lowest BCUT2D eigenvalue weighted by Crippen LogP contribution is -2.42. The molecule has 14 heavy (non-hydrogen) atoms. The lowest BCUT2D eigenvalue weighted by molar-refractivity contribution is 0.0927. The molecule has 1 aromatic rings. The van der Waals surface area contributed by atoms with E-state index in [4.69, 9.17) is 9.78 Å². The van der Waals surface area contributed by atoms with E-state index in [0.29, 0.717) is 11.3 Å². The number of hydrogen-bond donors (Lipinski definition) is 1. The molecule has 0 radical (unpaired) electrons. The van der Waals surface area contributed by atoms with Crippen molar-refractivity contribution >= 4 is 5.91 Å². The topological polar surface area (TPSA) is 78.9 Å². The molecule has 0 spiro atoms. The van der Waals surface area contributed by atoms with Crippen molar-refractivity contribution in [2.24, 2.45) is 0 Å². The predicted molar refractivity (Wildman–Crippen MR) is 48.4 cm³/mol. The van der Waals surface area contributed by atoms with Gasteiger partial charge in [0.15, 0.2) is 0 Å². The molecule has 1 heterocycles. The molecule has 1 aromatic heterocycles. The van der Waals surface area contributed by atoms with Gasteiger partial charge in [-0.1, -0.05) is 5.16 Å². The van der Waals surface area contributed by atoms with Gasteiger partial charge in [0.25, 0.3) is 5.91 Å². The molecular formula is C9H11N3O2. The number of aromatic nitrogens is 1. The van der Waals surface area contributed by atoms with Crippen molar-refractivity contribution in [3.63, 3.8) is 0 Å². The number of hydrogen-bond acceptors (Lipinski definition) is 4. The molecule has 5 nitrogen and oxygen atoms in total. The zero-order chi connectivity index (χ0) is 10.8. The Balaban J connectivity index is 2.80. The van der Waals surface area contributed by atoms with Crippen molar-refractivity contribution in [3.8, 4) is 6.07 Å². The van der Waals surface area contributed by atoms with E-state index in [1.54, 1.807) is 20.8 Å². The molecule has 0 aromatic carbocycles. The van der Waals surface area contributed by atoms with Gasteiger partial charge in [-0.25, -0.2) is 0 Å². The fourth-order valence-corrected chi connectivity index (χ4v) is 0.896. The number of nitrogens with one attached hydrogen (secondary N) is 1. The van der Waals surface area contributed by atoms with Crippen LogP contribution in [0.25, 0.3) is 0 Å². The summed E-state index contributed by atoms with van der Waals surface area (Å²) in [6.07, 6.45) is 1.33. The molecule has 5 heteroatoms. The van der Waals surface area contributed by atoms with Crippen LogP contribution in [-0.2, 0) is 0 Å². The monoisotopic (exact) mass is 193 g/mol. The Hall–Kier alpha value is -1.83. The van der Waals surface area contributed by atoms with Gasteiger partial charge < -0.3 is 9.84 Å². The SMILES string of the molecule is Cc1oncc1C(=O)NC(C)(C)C#N. The zero-order valence-corrected chi connectivity index (χ0v) is 8.29. The van der Waals surface area contributed by atoms with Gasteiger partial charge in [-0.05, 0) is 20.8 Å². The van der Waals surface area contributed by atoms with Gasteiger partial charge in [0.05, 0.1) is 12.3 Å². The first-order valence-corrected chi connectivity index (χ1v) is 4.11. The second-order valence-electron chi connectivity index (χ2n) is 3.49. The average molecular weight is 193 g/mol. The van der Waals surface area contributed by atoms with Crippen LogP contribution >= 0.6 is 0 Å². The molecule has 0 saturated heterocycles. The fourth-order valence-electron chi connectivity index (χ4n) is 0.896. The number of nitrogens with zero attached hydrogens (tertiary/aromatic N) is 2. The lowest BCUT2D eigenvalue weighted by Gasteiger charge is -2.16. The molecule has 0 unspecified atom stereocenters. The van der Waals surface area contributed by atoms with Crippen LogP contribution in [0.15, 0.2) is 10.7 Å². The van der Waals surface area contributed by atoms with E-state index in [1.165, 1.54) is 6.20 Å². The first kappa shape index (κ1) is 10.3. The number of carbonyl (C=O) groups is 1. The third-order valence-corrected chi connectivity index (χ3v) is 1.70. The molecule has 0 bridgehead atoms. The summed E-state index contributed by atoms with van der Waals surface area (Å²) in [5, 5.41) is 14.7. The Morgan fingerprint density at radius 2 is 2.36 bits per heavy atom. The Bertz CT molecular complexity index is 387. The van der Waals surface area contributed by atoms with Crippen LogP contribution in [0, 0.1) is 18.3 Å². The van der Waals surface area contributed by atoms with Crippen molar-refractivity contribution in [1.29, 1.82) is 5.26 Å². The fraction of sp³-hybridized carbons (Fsp3) is 0.444. The van der Waals surface area contributed by atoms with Crippen LogP contribution in [0.1, 0.15) is 30.0 Å². The first-order valence-electron chi connectivity index (χ1n) is 4.11. The van der Waals surface area contributed by atoms with E-state index in [0.717, 1.165) is 0 Å². The molecule has 74 valence electrons. The van der Waals surface area contributed by atoms with Crippen LogP contribution in [-0.4, -0.2) is 16.6 Å². The normalized spacial score (nSPS) is 10.7. The van der Waals surface area contributed by atoms with Gasteiger partial charge in [0, 0.05) is 0 Å². The summed E-state index contributed by atoms with van der Waals surface area (Å²) in [5.74, 6) is 0.0894. The van der Waals surface area contributed by atoms with Crippen molar-refractivity contribution in [2.75, 3.05) is 0 Å². The molecule has 0 fully saturated rings. The quantitative estimate of drug-likeness (QED) is 0.760. The molecule has 1 N–H and O–H groups in total. The van der Waals surface area contributed by atoms with Crippen molar-refractivity contribution in [3.05, 3.63) is 17.5 Å². The molecule has 1 amide bonds. The van der Waals surface area contributed by atoms with Gasteiger partial charge in [-0.15, -0.1) is 0 Å². The van der Waals surface area contributed by atoms with Crippen molar-refractivity contribution < 1.29 is 9.32 Å². The molecular weight excluding hydrogens is 182 g/mol. The Morgan fingerprint density at radius 3 is 2.79 bits per heavy atom. The standard InChI is InChI=1S/C9H11N3O2/c1-6-7(4-11-14-6)8(13)12-9(2,3)5-10/h4H,1-3H3,(H,12,13). The van der Waals surface area contributed by atoms with E-state index < -0.39 is 5.54 Å². The van der Waals surface area contributed by atoms with E-state index in [-0.39, 0.29) is 5.91 Å². The van der Waals surface area contributed by atoms with Gasteiger partial charge >= 0.3 is 0 Å². The Labute approximate surface area is 81.7 Å². The number of rotatable bonds is 2. The summed E-state index contributed by atoms with van der Waals surface area (Å²) >= 11 is 0. The van der Waals surface area contributed by atoms with E-state index in [1.807, 2.05) is 6.07 Å². The molecule has 0 aliphatic heterocycles. The summed E-state index contributed by atoms with van der Waals surface area (Å²) in [6, 6.07) is 1.97. The van der Waals surface area contributed by atoms with E-state index >= 15 is 0 Å². The summed E-state index contributed by atoms with van der Waals surface area (Å²) in [4.78, 5) is 11.5. The zero-order valence-electron chi connectivity index (χ0n) is 8.29. The molecule has 0 saturated carbocycles. The molecule has 0 atom stereocenters. The van der Waals surface area contributed by atoms with Gasteiger partial charge in [0.2, 0.25) is 0 Å². The molecule has 1 rings (SSSR count). The lowest BCUT2D eigenvalue weighted by atomic mass is 10.1. The van der Waals surface area contributed by atoms with E-state index in [2.05, 4.69) is 10.5 Å². The maximum Gasteiger partial charge on any atom is 0.257 e. The van der Waals surface area contributed by atoms with Gasteiger partial charge in [0.1, 0.15) is 16.9 Å². The van der Waals surface area contributed by atoms with Crippen LogP contribution in [0.3, 0.4) is 0 Å². The van der Waals surface area contributed by atoms with Crippen molar-refractivity contribution in [2.45, 2.75) is 26.3 Å². The minimum atomic E-state index is -0.888. The third-order valence-electron chi connectivity index (χ3n) is 1.70. The minimum absolute atomic E-state index is 0.352. The predicted octanol–water partition coefficient (Wildman–Crippen LogP) is 1.01. The maximum atomic E-state index is 11.5. The Kier molecular flexibility index (Phi) is 2.56. The second kappa shape index (κ2) is 3.50.